The zero-order chi connectivity index (χ0) is 17.2. The summed E-state index contributed by atoms with van der Waals surface area (Å²) in [6.07, 6.45) is 0. The summed E-state index contributed by atoms with van der Waals surface area (Å²) in [5.41, 5.74) is 1.25. The van der Waals surface area contributed by atoms with Crippen LogP contribution in [0.25, 0.3) is 0 Å². The molecule has 2 aromatic rings. The molecule has 2 aromatic carbocycles. The Labute approximate surface area is 137 Å². The first-order valence-electron chi connectivity index (χ1n) is 7.72. The number of Topliss-reactive ketones (excluding diaryl/α,β-unsaturated/α-hetero) is 1. The number of carbonyl (C=O) groups is 2. The maximum atomic E-state index is 12.6. The van der Waals surface area contributed by atoms with Crippen LogP contribution < -0.4 is 0 Å². The number of benzene rings is 2. The quantitative estimate of drug-likeness (QED) is 0.849. The zero-order valence-corrected chi connectivity index (χ0v) is 14.0. The van der Waals surface area contributed by atoms with Crippen molar-refractivity contribution < 1.29 is 14.7 Å². The fraction of sp³-hybridized carbons (Fsp3) is 0.300. The van der Waals surface area contributed by atoms with E-state index in [1.165, 1.54) is 13.8 Å². The van der Waals surface area contributed by atoms with E-state index < -0.39 is 5.60 Å². The van der Waals surface area contributed by atoms with Crippen LogP contribution in [0.15, 0.2) is 48.5 Å². The van der Waals surface area contributed by atoms with Crippen molar-refractivity contribution in [3.63, 3.8) is 0 Å². The van der Waals surface area contributed by atoms with Gasteiger partial charge in [-0.15, -0.1) is 0 Å². The summed E-state index contributed by atoms with van der Waals surface area (Å²) in [5.74, 6) is -0.0809. The Bertz CT molecular complexity index is 719. The van der Waals surface area contributed by atoms with E-state index in [1.807, 2.05) is 18.2 Å². The van der Waals surface area contributed by atoms with E-state index in [0.29, 0.717) is 22.6 Å². The number of hydrogen-bond donors (Lipinski definition) is 1. The van der Waals surface area contributed by atoms with Crippen molar-refractivity contribution in [2.24, 2.45) is 0 Å². The van der Waals surface area contributed by atoms with E-state index >= 15 is 0 Å². The van der Waals surface area contributed by atoms with Crippen molar-refractivity contribution >= 4 is 11.6 Å². The monoisotopic (exact) mass is 310 g/mol. The normalized spacial score (nSPS) is 11.6. The highest BCUT2D eigenvalue weighted by molar-refractivity contribution is 6.10. The van der Waals surface area contributed by atoms with Gasteiger partial charge in [0.1, 0.15) is 5.60 Å². The Hall–Kier alpha value is -2.26. The van der Waals surface area contributed by atoms with E-state index in [2.05, 4.69) is 13.8 Å². The van der Waals surface area contributed by atoms with Crippen molar-refractivity contribution in [1.29, 1.82) is 0 Å². The molecule has 0 atom stereocenters. The van der Waals surface area contributed by atoms with Crippen LogP contribution in [0.2, 0.25) is 0 Å². The van der Waals surface area contributed by atoms with Crippen LogP contribution in [0, 0.1) is 0 Å². The van der Waals surface area contributed by atoms with Crippen molar-refractivity contribution in [2.45, 2.75) is 39.2 Å². The van der Waals surface area contributed by atoms with Crippen LogP contribution in [0.5, 0.6) is 0 Å². The minimum atomic E-state index is -1.42. The van der Waals surface area contributed by atoms with Gasteiger partial charge in [0.15, 0.2) is 11.6 Å². The molecule has 0 bridgehead atoms. The fourth-order valence-electron chi connectivity index (χ4n) is 2.33. The standard InChI is InChI=1S/C20H22O3/c1-13(2)16-6-5-7-17(12-16)18(21)14-8-10-15(11-9-14)19(22)20(3,4)23/h5-13,23H,1-4H3. The zero-order valence-electron chi connectivity index (χ0n) is 14.0. The predicted molar refractivity (Wildman–Crippen MR) is 91.0 cm³/mol. The second-order valence-electron chi connectivity index (χ2n) is 6.57. The van der Waals surface area contributed by atoms with Gasteiger partial charge in [-0.1, -0.05) is 56.3 Å². The lowest BCUT2D eigenvalue weighted by Crippen LogP contribution is -2.31. The molecule has 0 heterocycles. The number of hydrogen-bond acceptors (Lipinski definition) is 3. The third-order valence-electron chi connectivity index (χ3n) is 3.78. The lowest BCUT2D eigenvalue weighted by atomic mass is 9.93. The van der Waals surface area contributed by atoms with Gasteiger partial charge in [-0.25, -0.2) is 0 Å². The average molecular weight is 310 g/mol. The Kier molecular flexibility index (Phi) is 4.81. The molecule has 0 aromatic heterocycles. The number of rotatable bonds is 5. The third-order valence-corrected chi connectivity index (χ3v) is 3.78. The third kappa shape index (κ3) is 3.93. The maximum Gasteiger partial charge on any atom is 0.193 e. The first kappa shape index (κ1) is 17.1. The van der Waals surface area contributed by atoms with E-state index in [4.69, 9.17) is 0 Å². The summed E-state index contributed by atoms with van der Waals surface area (Å²) in [5, 5.41) is 9.76. The molecule has 0 saturated heterocycles. The van der Waals surface area contributed by atoms with Crippen molar-refractivity contribution in [3.8, 4) is 0 Å². The number of aliphatic hydroxyl groups is 1. The molecule has 23 heavy (non-hydrogen) atoms. The van der Waals surface area contributed by atoms with Gasteiger partial charge in [0.25, 0.3) is 0 Å². The van der Waals surface area contributed by atoms with E-state index in [0.717, 1.165) is 5.56 Å². The molecular weight excluding hydrogens is 288 g/mol. The summed E-state index contributed by atoms with van der Waals surface area (Å²) in [6, 6.07) is 14.0. The number of ketones is 2. The minimum absolute atomic E-state index is 0.0743. The molecule has 0 fully saturated rings. The first-order chi connectivity index (χ1) is 10.7. The van der Waals surface area contributed by atoms with Gasteiger partial charge in [0, 0.05) is 16.7 Å². The molecule has 0 amide bonds. The van der Waals surface area contributed by atoms with E-state index in [9.17, 15) is 14.7 Å². The lowest BCUT2D eigenvalue weighted by Gasteiger charge is -2.15. The topological polar surface area (TPSA) is 54.4 Å². The highest BCUT2D eigenvalue weighted by atomic mass is 16.3. The molecule has 3 nitrogen and oxygen atoms in total. The van der Waals surface area contributed by atoms with Gasteiger partial charge >= 0.3 is 0 Å². The molecule has 3 heteroatoms. The Balaban J connectivity index is 2.27. The average Bonchev–Trinajstić information content (AvgIpc) is 2.53. The number of carbonyl (C=O) groups excluding carboxylic acids is 2. The molecule has 0 spiro atoms. The van der Waals surface area contributed by atoms with E-state index in [-0.39, 0.29) is 11.6 Å². The highest BCUT2D eigenvalue weighted by Gasteiger charge is 2.25. The van der Waals surface area contributed by atoms with Crippen LogP contribution >= 0.6 is 0 Å². The summed E-state index contributed by atoms with van der Waals surface area (Å²) < 4.78 is 0. The van der Waals surface area contributed by atoms with E-state index in [1.54, 1.807) is 30.3 Å². The Morgan fingerprint density at radius 2 is 1.48 bits per heavy atom. The second-order valence-corrected chi connectivity index (χ2v) is 6.57. The first-order valence-corrected chi connectivity index (χ1v) is 7.72. The lowest BCUT2D eigenvalue weighted by molar-refractivity contribution is 0.0488. The van der Waals surface area contributed by atoms with Crippen molar-refractivity contribution in [1.82, 2.24) is 0 Å². The fourth-order valence-corrected chi connectivity index (χ4v) is 2.33. The Morgan fingerprint density at radius 1 is 0.913 bits per heavy atom. The smallest absolute Gasteiger partial charge is 0.193 e. The van der Waals surface area contributed by atoms with Gasteiger partial charge in [-0.2, -0.15) is 0 Å². The molecule has 2 rings (SSSR count). The molecule has 0 unspecified atom stereocenters. The molecule has 1 N–H and O–H groups in total. The second kappa shape index (κ2) is 6.47. The van der Waals surface area contributed by atoms with Crippen molar-refractivity contribution in [2.75, 3.05) is 0 Å². The van der Waals surface area contributed by atoms with Crippen LogP contribution in [0.1, 0.15) is 65.5 Å². The SMILES string of the molecule is CC(C)c1cccc(C(=O)c2ccc(C(=O)C(C)(C)O)cc2)c1. The summed E-state index contributed by atoms with van der Waals surface area (Å²) in [7, 11) is 0. The molecule has 120 valence electrons. The van der Waals surface area contributed by atoms with Crippen LogP contribution in [0.3, 0.4) is 0 Å². The summed E-state index contributed by atoms with van der Waals surface area (Å²) >= 11 is 0. The maximum absolute atomic E-state index is 12.6. The molecule has 0 radical (unpaired) electrons. The molecule has 0 aliphatic heterocycles. The molecule has 0 aliphatic carbocycles. The molecule has 0 aliphatic rings. The molecular formula is C20H22O3. The minimum Gasteiger partial charge on any atom is -0.382 e. The van der Waals surface area contributed by atoms with Crippen molar-refractivity contribution in [3.05, 3.63) is 70.8 Å². The van der Waals surface area contributed by atoms with Crippen LogP contribution in [-0.4, -0.2) is 22.3 Å². The van der Waals surface area contributed by atoms with Gasteiger partial charge in [0.2, 0.25) is 0 Å². The highest BCUT2D eigenvalue weighted by Crippen LogP contribution is 2.19. The van der Waals surface area contributed by atoms with Crippen LogP contribution in [-0.2, 0) is 0 Å². The summed E-state index contributed by atoms with van der Waals surface area (Å²) in [4.78, 5) is 24.6. The largest absolute Gasteiger partial charge is 0.382 e. The summed E-state index contributed by atoms with van der Waals surface area (Å²) in [6.45, 7) is 7.07. The van der Waals surface area contributed by atoms with Gasteiger partial charge in [-0.3, -0.25) is 9.59 Å². The van der Waals surface area contributed by atoms with Crippen LogP contribution in [0.4, 0.5) is 0 Å². The predicted octanol–water partition coefficient (Wildman–Crippen LogP) is 3.99. The van der Waals surface area contributed by atoms with Gasteiger partial charge in [-0.05, 0) is 31.4 Å². The molecule has 0 saturated carbocycles. The van der Waals surface area contributed by atoms with Gasteiger partial charge < -0.3 is 5.11 Å². The Morgan fingerprint density at radius 3 is 2.00 bits per heavy atom. The van der Waals surface area contributed by atoms with Gasteiger partial charge in [0.05, 0.1) is 0 Å².